The molecule has 2 aromatic rings. The quantitative estimate of drug-likeness (QED) is 0.808. The van der Waals surface area contributed by atoms with Gasteiger partial charge in [0, 0.05) is 11.1 Å². The van der Waals surface area contributed by atoms with Gasteiger partial charge >= 0.3 is 0 Å². The maximum atomic E-state index is 12.6. The number of halogens is 1. The summed E-state index contributed by atoms with van der Waals surface area (Å²) in [7, 11) is -3.98. The van der Waals surface area contributed by atoms with Crippen molar-refractivity contribution in [3.8, 4) is 0 Å². The van der Waals surface area contributed by atoms with Crippen molar-refractivity contribution in [2.24, 2.45) is 5.14 Å². The number of rotatable bonds is 4. The molecule has 4 nitrogen and oxygen atoms in total. The normalized spacial score (nSPS) is 15.9. The number of carbonyl (C=O) groups is 1. The molecular weight excluding hydrogens is 358 g/mol. The van der Waals surface area contributed by atoms with Gasteiger partial charge in [-0.1, -0.05) is 55.1 Å². The fourth-order valence-electron chi connectivity index (χ4n) is 3.37. The lowest BCUT2D eigenvalue weighted by molar-refractivity contribution is 0.103. The first-order chi connectivity index (χ1) is 11.9. The molecule has 1 saturated carbocycles. The van der Waals surface area contributed by atoms with Gasteiger partial charge in [-0.25, -0.2) is 13.6 Å². The molecule has 0 unspecified atom stereocenters. The summed E-state index contributed by atoms with van der Waals surface area (Å²) >= 11 is 5.87. The molecule has 1 fully saturated rings. The smallest absolute Gasteiger partial charge is 0.239 e. The molecular formula is C19H20ClNO3S. The van der Waals surface area contributed by atoms with Crippen LogP contribution in [-0.4, -0.2) is 14.2 Å². The van der Waals surface area contributed by atoms with Crippen LogP contribution in [0.3, 0.4) is 0 Å². The van der Waals surface area contributed by atoms with Crippen molar-refractivity contribution in [3.63, 3.8) is 0 Å². The number of carbonyl (C=O) groups excluding carboxylic acids is 1. The van der Waals surface area contributed by atoms with E-state index in [1.165, 1.54) is 55.9 Å². The van der Waals surface area contributed by atoms with Gasteiger partial charge in [0.1, 0.15) is 4.90 Å². The van der Waals surface area contributed by atoms with Crippen molar-refractivity contribution in [2.45, 2.75) is 42.9 Å². The minimum absolute atomic E-state index is 0.00620. The number of nitrogens with two attached hydrogens (primary N) is 1. The minimum Gasteiger partial charge on any atom is -0.289 e. The third-order valence-corrected chi connectivity index (χ3v) is 6.14. The lowest BCUT2D eigenvalue weighted by Crippen LogP contribution is -2.14. The van der Waals surface area contributed by atoms with Crippen molar-refractivity contribution in [1.82, 2.24) is 0 Å². The van der Waals surface area contributed by atoms with Gasteiger partial charge < -0.3 is 0 Å². The molecule has 0 spiro atoms. The van der Waals surface area contributed by atoms with E-state index >= 15 is 0 Å². The van der Waals surface area contributed by atoms with Crippen LogP contribution < -0.4 is 5.14 Å². The molecule has 0 bridgehead atoms. The topological polar surface area (TPSA) is 77.2 Å². The fourth-order valence-corrected chi connectivity index (χ4v) is 4.44. The Morgan fingerprint density at radius 3 is 2.16 bits per heavy atom. The Morgan fingerprint density at radius 2 is 1.56 bits per heavy atom. The van der Waals surface area contributed by atoms with Crippen molar-refractivity contribution in [2.75, 3.05) is 0 Å². The number of ketones is 1. The largest absolute Gasteiger partial charge is 0.289 e. The zero-order valence-corrected chi connectivity index (χ0v) is 15.3. The molecule has 0 radical (unpaired) electrons. The Labute approximate surface area is 153 Å². The van der Waals surface area contributed by atoms with E-state index < -0.39 is 10.0 Å². The second-order valence-electron chi connectivity index (χ2n) is 6.48. The van der Waals surface area contributed by atoms with Crippen LogP contribution in [0.4, 0.5) is 0 Å². The summed E-state index contributed by atoms with van der Waals surface area (Å²) in [5.74, 6) is 0.319. The first kappa shape index (κ1) is 18.1. The molecule has 0 amide bonds. The molecule has 0 aromatic heterocycles. The Hall–Kier alpha value is -1.69. The zero-order valence-electron chi connectivity index (χ0n) is 13.7. The lowest BCUT2D eigenvalue weighted by Gasteiger charge is -2.22. The number of hydrogen-bond donors (Lipinski definition) is 1. The van der Waals surface area contributed by atoms with E-state index in [2.05, 4.69) is 0 Å². The van der Waals surface area contributed by atoms with Crippen LogP contribution in [0.15, 0.2) is 47.4 Å². The standard InChI is InChI=1S/C19H20ClNO3S/c20-17-11-10-16(12-18(17)25(21,23)24)19(22)15-8-6-14(7-9-15)13-4-2-1-3-5-13/h6-13H,1-5H2,(H2,21,23,24). The summed E-state index contributed by atoms with van der Waals surface area (Å²) in [5, 5.41) is 5.15. The molecule has 2 aromatic carbocycles. The molecule has 0 aliphatic heterocycles. The van der Waals surface area contributed by atoms with Gasteiger partial charge in [-0.15, -0.1) is 0 Å². The van der Waals surface area contributed by atoms with Crippen molar-refractivity contribution >= 4 is 27.4 Å². The van der Waals surface area contributed by atoms with E-state index in [1.54, 1.807) is 12.1 Å². The van der Waals surface area contributed by atoms with Gasteiger partial charge in [0.25, 0.3) is 0 Å². The SMILES string of the molecule is NS(=O)(=O)c1cc(C(=O)c2ccc(C3CCCCC3)cc2)ccc1Cl. The van der Waals surface area contributed by atoms with E-state index in [0.29, 0.717) is 11.5 Å². The van der Waals surface area contributed by atoms with Crippen molar-refractivity contribution < 1.29 is 13.2 Å². The van der Waals surface area contributed by atoms with Crippen molar-refractivity contribution in [3.05, 3.63) is 64.2 Å². The highest BCUT2D eigenvalue weighted by atomic mass is 35.5. The number of hydrogen-bond acceptors (Lipinski definition) is 3. The summed E-state index contributed by atoms with van der Waals surface area (Å²) in [4.78, 5) is 12.4. The van der Waals surface area contributed by atoms with Crippen LogP contribution >= 0.6 is 11.6 Å². The van der Waals surface area contributed by atoms with Crippen LogP contribution in [-0.2, 0) is 10.0 Å². The molecule has 0 heterocycles. The zero-order chi connectivity index (χ0) is 18.0. The molecule has 0 saturated heterocycles. The molecule has 1 aliphatic carbocycles. The fraction of sp³-hybridized carbons (Fsp3) is 0.316. The first-order valence-electron chi connectivity index (χ1n) is 8.33. The van der Waals surface area contributed by atoms with Crippen LogP contribution in [0, 0.1) is 0 Å². The Balaban J connectivity index is 1.86. The molecule has 2 N–H and O–H groups in total. The summed E-state index contributed by atoms with van der Waals surface area (Å²) in [6, 6.07) is 11.7. The predicted octanol–water partition coefficient (Wildman–Crippen LogP) is 4.27. The van der Waals surface area contributed by atoms with Gasteiger partial charge in [-0.3, -0.25) is 4.79 Å². The lowest BCUT2D eigenvalue weighted by atomic mass is 9.84. The van der Waals surface area contributed by atoms with E-state index in [4.69, 9.17) is 16.7 Å². The molecule has 25 heavy (non-hydrogen) atoms. The Morgan fingerprint density at radius 1 is 0.960 bits per heavy atom. The molecule has 3 rings (SSSR count). The molecule has 6 heteroatoms. The second kappa shape index (κ2) is 7.28. The third kappa shape index (κ3) is 4.11. The van der Waals surface area contributed by atoms with Gasteiger partial charge in [0.05, 0.1) is 5.02 Å². The Kier molecular flexibility index (Phi) is 5.27. The highest BCUT2D eigenvalue weighted by Crippen LogP contribution is 2.32. The maximum Gasteiger partial charge on any atom is 0.239 e. The van der Waals surface area contributed by atoms with E-state index in [0.717, 1.165) is 0 Å². The Bertz CT molecular complexity index is 885. The van der Waals surface area contributed by atoms with Crippen LogP contribution in [0.5, 0.6) is 0 Å². The van der Waals surface area contributed by atoms with Gasteiger partial charge in [0.2, 0.25) is 10.0 Å². The van der Waals surface area contributed by atoms with Gasteiger partial charge in [-0.2, -0.15) is 0 Å². The van der Waals surface area contributed by atoms with Crippen molar-refractivity contribution in [1.29, 1.82) is 0 Å². The van der Waals surface area contributed by atoms with E-state index in [9.17, 15) is 13.2 Å². The summed E-state index contributed by atoms with van der Waals surface area (Å²) in [6.07, 6.45) is 6.21. The maximum absolute atomic E-state index is 12.6. The average molecular weight is 378 g/mol. The number of benzene rings is 2. The molecule has 132 valence electrons. The highest BCUT2D eigenvalue weighted by Gasteiger charge is 2.19. The summed E-state index contributed by atoms with van der Waals surface area (Å²) < 4.78 is 23.1. The van der Waals surface area contributed by atoms with Gasteiger partial charge in [-0.05, 0) is 42.5 Å². The minimum atomic E-state index is -3.98. The van der Waals surface area contributed by atoms with Gasteiger partial charge in [0.15, 0.2) is 5.78 Å². The number of primary sulfonamides is 1. The molecule has 1 aliphatic rings. The summed E-state index contributed by atoms with van der Waals surface area (Å²) in [5.41, 5.74) is 2.03. The predicted molar refractivity (Wildman–Crippen MR) is 98.5 cm³/mol. The summed E-state index contributed by atoms with van der Waals surface area (Å²) in [6.45, 7) is 0. The van der Waals surface area contributed by atoms with Crippen LogP contribution in [0.25, 0.3) is 0 Å². The molecule has 0 atom stereocenters. The monoisotopic (exact) mass is 377 g/mol. The van der Waals surface area contributed by atoms with E-state index in [-0.39, 0.29) is 21.3 Å². The van der Waals surface area contributed by atoms with Crippen LogP contribution in [0.2, 0.25) is 5.02 Å². The first-order valence-corrected chi connectivity index (χ1v) is 10.3. The van der Waals surface area contributed by atoms with Crippen LogP contribution in [0.1, 0.15) is 59.5 Å². The van der Waals surface area contributed by atoms with E-state index in [1.807, 2.05) is 12.1 Å². The third-order valence-electron chi connectivity index (χ3n) is 4.75. The highest BCUT2D eigenvalue weighted by molar-refractivity contribution is 7.89. The second-order valence-corrected chi connectivity index (χ2v) is 8.41. The average Bonchev–Trinajstić information content (AvgIpc) is 2.61. The number of sulfonamides is 1.